The summed E-state index contributed by atoms with van der Waals surface area (Å²) in [6.07, 6.45) is -10.3. The Kier molecular flexibility index (Phi) is 7.62. The second-order valence-corrected chi connectivity index (χ2v) is 8.39. The van der Waals surface area contributed by atoms with E-state index in [4.69, 9.17) is 9.47 Å². The van der Waals surface area contributed by atoms with E-state index in [0.29, 0.717) is 31.5 Å². The molecule has 1 aliphatic heterocycles. The van der Waals surface area contributed by atoms with Crippen LogP contribution in [0.15, 0.2) is 48.5 Å². The fraction of sp³-hybridized carbons (Fsp3) is 0.458. The molecule has 3 rings (SSSR count). The Morgan fingerprint density at radius 1 is 1.06 bits per heavy atom. The summed E-state index contributed by atoms with van der Waals surface area (Å²) in [6, 6.07) is 10.6. The van der Waals surface area contributed by atoms with E-state index in [9.17, 15) is 31.1 Å². The second kappa shape index (κ2) is 9.95. The molecule has 0 amide bonds. The van der Waals surface area contributed by atoms with Gasteiger partial charge in [-0.25, -0.2) is 0 Å². The van der Waals surface area contributed by atoms with E-state index >= 15 is 0 Å². The lowest BCUT2D eigenvalue weighted by molar-refractivity contribution is -0.148. The van der Waals surface area contributed by atoms with Crippen LogP contribution in [0.25, 0.3) is 0 Å². The predicted molar refractivity (Wildman–Crippen MR) is 112 cm³/mol. The third-order valence-electron chi connectivity index (χ3n) is 5.88. The topological polar surface area (TPSA) is 47.6 Å². The van der Waals surface area contributed by atoms with Crippen LogP contribution in [0.1, 0.15) is 55.0 Å². The number of ether oxygens (including phenoxy) is 2. The van der Waals surface area contributed by atoms with E-state index in [1.54, 1.807) is 0 Å². The lowest BCUT2D eigenvalue weighted by Gasteiger charge is -2.41. The number of benzene rings is 2. The molecule has 0 saturated carbocycles. The van der Waals surface area contributed by atoms with Crippen LogP contribution in [0.4, 0.5) is 26.3 Å². The van der Waals surface area contributed by atoms with Gasteiger partial charge in [0.25, 0.3) is 0 Å². The van der Waals surface area contributed by atoms with Crippen molar-refractivity contribution in [2.24, 2.45) is 0 Å². The summed E-state index contributed by atoms with van der Waals surface area (Å²) in [7, 11) is 0. The first-order valence-corrected chi connectivity index (χ1v) is 10.7. The molecule has 3 atom stereocenters. The molecule has 0 aromatic heterocycles. The average Bonchev–Trinajstić information content (AvgIpc) is 2.77. The van der Waals surface area contributed by atoms with Crippen molar-refractivity contribution < 1.29 is 40.6 Å². The van der Waals surface area contributed by atoms with Crippen LogP contribution in [0, 0.1) is 0 Å². The lowest BCUT2D eigenvalue weighted by Crippen LogP contribution is -2.54. The Labute approximate surface area is 193 Å². The third-order valence-corrected chi connectivity index (χ3v) is 5.88. The van der Waals surface area contributed by atoms with Gasteiger partial charge in [-0.3, -0.25) is 4.79 Å². The molecule has 2 aromatic carbocycles. The summed E-state index contributed by atoms with van der Waals surface area (Å²) in [4.78, 5) is 11.3. The summed E-state index contributed by atoms with van der Waals surface area (Å²) < 4.78 is 90.5. The van der Waals surface area contributed by atoms with Crippen LogP contribution in [-0.2, 0) is 32.2 Å². The van der Waals surface area contributed by atoms with Gasteiger partial charge in [0.15, 0.2) is 0 Å². The number of carbonyl (C=O) groups is 1. The van der Waals surface area contributed by atoms with E-state index in [2.05, 4.69) is 5.32 Å². The summed E-state index contributed by atoms with van der Waals surface area (Å²) in [6.45, 7) is 3.05. The van der Waals surface area contributed by atoms with Gasteiger partial charge in [0, 0.05) is 13.5 Å². The SMILES string of the molecule is CC(=O)OC1CC[C@@](COC(C)c2cc(C(F)(F)F)cc(C(F)(F)F)c2)(c2ccccc2)NC1. The van der Waals surface area contributed by atoms with E-state index in [-0.39, 0.29) is 24.3 Å². The molecule has 1 saturated heterocycles. The monoisotopic (exact) mass is 489 g/mol. The molecule has 1 aliphatic rings. The number of esters is 1. The fourth-order valence-corrected chi connectivity index (χ4v) is 4.03. The Morgan fingerprint density at radius 2 is 1.65 bits per heavy atom. The van der Waals surface area contributed by atoms with Crippen LogP contribution < -0.4 is 5.32 Å². The molecule has 0 spiro atoms. The molecule has 34 heavy (non-hydrogen) atoms. The maximum atomic E-state index is 13.2. The highest BCUT2D eigenvalue weighted by Crippen LogP contribution is 2.39. The van der Waals surface area contributed by atoms with Crippen molar-refractivity contribution in [2.75, 3.05) is 13.2 Å². The van der Waals surface area contributed by atoms with E-state index in [0.717, 1.165) is 5.56 Å². The van der Waals surface area contributed by atoms with Gasteiger partial charge in [-0.05, 0) is 49.1 Å². The third kappa shape index (κ3) is 6.29. The van der Waals surface area contributed by atoms with Gasteiger partial charge in [-0.2, -0.15) is 26.3 Å². The zero-order valence-electron chi connectivity index (χ0n) is 18.6. The molecular formula is C24H25F6NO3. The quantitative estimate of drug-likeness (QED) is 0.399. The van der Waals surface area contributed by atoms with Gasteiger partial charge in [-0.1, -0.05) is 30.3 Å². The van der Waals surface area contributed by atoms with Crippen LogP contribution >= 0.6 is 0 Å². The molecule has 186 valence electrons. The standard InChI is InChI=1S/C24H25F6NO3/c1-15(17-10-19(23(25,26)27)12-20(11-17)24(28,29)30)33-14-22(18-6-4-3-5-7-18)9-8-21(13-31-22)34-16(2)32/h3-7,10-12,15,21,31H,8-9,13-14H2,1-2H3/t15?,21?,22-/m1/s1. The molecule has 4 nitrogen and oxygen atoms in total. The van der Waals surface area contributed by atoms with Gasteiger partial charge in [0.05, 0.1) is 29.4 Å². The molecule has 1 heterocycles. The maximum absolute atomic E-state index is 13.2. The minimum absolute atomic E-state index is 0.0113. The Balaban J connectivity index is 1.84. The first-order chi connectivity index (χ1) is 15.8. The zero-order chi connectivity index (χ0) is 25.1. The van der Waals surface area contributed by atoms with Crippen LogP contribution in [0.3, 0.4) is 0 Å². The average molecular weight is 489 g/mol. The number of rotatable bonds is 6. The molecule has 0 radical (unpaired) electrons. The van der Waals surface area contributed by atoms with Gasteiger partial charge >= 0.3 is 18.3 Å². The van der Waals surface area contributed by atoms with Crippen molar-refractivity contribution >= 4 is 5.97 Å². The predicted octanol–water partition coefficient (Wildman–Crippen LogP) is 6.01. The van der Waals surface area contributed by atoms with Gasteiger partial charge in [0.1, 0.15) is 6.10 Å². The summed E-state index contributed by atoms with van der Waals surface area (Å²) in [5.74, 6) is -0.408. The first kappa shape index (κ1) is 26.0. The van der Waals surface area contributed by atoms with Crippen molar-refractivity contribution in [3.63, 3.8) is 0 Å². The Morgan fingerprint density at radius 3 is 2.12 bits per heavy atom. The van der Waals surface area contributed by atoms with Gasteiger partial charge < -0.3 is 14.8 Å². The number of alkyl halides is 6. The number of nitrogens with one attached hydrogen (secondary N) is 1. The van der Waals surface area contributed by atoms with Crippen molar-refractivity contribution in [3.05, 3.63) is 70.8 Å². The number of hydrogen-bond donors (Lipinski definition) is 1. The van der Waals surface area contributed by atoms with Crippen LogP contribution in [0.5, 0.6) is 0 Å². The van der Waals surface area contributed by atoms with Crippen LogP contribution in [-0.4, -0.2) is 25.2 Å². The highest BCUT2D eigenvalue weighted by atomic mass is 19.4. The maximum Gasteiger partial charge on any atom is 0.416 e. The molecule has 2 unspecified atom stereocenters. The van der Waals surface area contributed by atoms with Crippen molar-refractivity contribution in [1.29, 1.82) is 0 Å². The van der Waals surface area contributed by atoms with E-state index in [1.807, 2.05) is 30.3 Å². The number of hydrogen-bond acceptors (Lipinski definition) is 4. The summed E-state index contributed by atoms with van der Waals surface area (Å²) in [5.41, 5.74) is -2.89. The largest absolute Gasteiger partial charge is 0.461 e. The van der Waals surface area contributed by atoms with E-state index in [1.165, 1.54) is 13.8 Å². The summed E-state index contributed by atoms with van der Waals surface area (Å²) in [5, 5.41) is 3.32. The highest BCUT2D eigenvalue weighted by Gasteiger charge is 2.40. The smallest absolute Gasteiger partial charge is 0.416 e. The minimum atomic E-state index is -4.93. The summed E-state index contributed by atoms with van der Waals surface area (Å²) >= 11 is 0. The lowest BCUT2D eigenvalue weighted by atomic mass is 9.82. The Bertz CT molecular complexity index is 950. The van der Waals surface area contributed by atoms with Crippen molar-refractivity contribution in [2.45, 2.75) is 56.8 Å². The molecule has 0 bridgehead atoms. The minimum Gasteiger partial charge on any atom is -0.461 e. The molecule has 10 heteroatoms. The van der Waals surface area contributed by atoms with Gasteiger partial charge in [0.2, 0.25) is 0 Å². The van der Waals surface area contributed by atoms with Crippen molar-refractivity contribution in [3.8, 4) is 0 Å². The molecule has 2 aromatic rings. The van der Waals surface area contributed by atoms with Gasteiger partial charge in [-0.15, -0.1) is 0 Å². The van der Waals surface area contributed by atoms with E-state index < -0.39 is 41.1 Å². The first-order valence-electron chi connectivity index (χ1n) is 10.7. The fourth-order valence-electron chi connectivity index (χ4n) is 4.03. The molecular weight excluding hydrogens is 464 g/mol. The molecule has 0 aliphatic carbocycles. The zero-order valence-corrected chi connectivity index (χ0v) is 18.6. The normalized spacial score (nSPS) is 22.3. The highest BCUT2D eigenvalue weighted by molar-refractivity contribution is 5.66. The Hall–Kier alpha value is -2.59. The molecule has 1 N–H and O–H groups in total. The molecule has 1 fully saturated rings. The number of carbonyl (C=O) groups excluding carboxylic acids is 1. The van der Waals surface area contributed by atoms with Crippen molar-refractivity contribution in [1.82, 2.24) is 5.32 Å². The number of halogens is 6. The van der Waals surface area contributed by atoms with Crippen LogP contribution in [0.2, 0.25) is 0 Å². The number of piperidine rings is 1. The second-order valence-electron chi connectivity index (χ2n) is 8.39.